The first-order valence-electron chi connectivity index (χ1n) is 7.93. The normalized spacial score (nSPS) is 11.4. The Morgan fingerprint density at radius 1 is 1.04 bits per heavy atom. The first-order valence-corrected chi connectivity index (χ1v) is 7.93. The number of benzene rings is 2. The van der Waals surface area contributed by atoms with Crippen LogP contribution in [0.15, 0.2) is 54.6 Å². The summed E-state index contributed by atoms with van der Waals surface area (Å²) >= 11 is 0. The van der Waals surface area contributed by atoms with Gasteiger partial charge in [-0.3, -0.25) is 20.4 Å². The van der Waals surface area contributed by atoms with Gasteiger partial charge in [0.2, 0.25) is 5.91 Å². The third kappa shape index (κ3) is 5.12. The number of hydrogen-bond donors (Lipinski definition) is 2. The Kier molecular flexibility index (Phi) is 6.37. The van der Waals surface area contributed by atoms with Gasteiger partial charge in [-0.1, -0.05) is 49.4 Å². The quantitative estimate of drug-likeness (QED) is 0.802. The van der Waals surface area contributed by atoms with Crippen LogP contribution in [-0.4, -0.2) is 18.4 Å². The van der Waals surface area contributed by atoms with Crippen molar-refractivity contribution in [2.24, 2.45) is 0 Å². The molecule has 0 saturated heterocycles. The fourth-order valence-electron chi connectivity index (χ4n) is 2.37. The van der Waals surface area contributed by atoms with Crippen molar-refractivity contribution in [3.63, 3.8) is 0 Å². The monoisotopic (exact) mass is 326 g/mol. The van der Waals surface area contributed by atoms with Gasteiger partial charge in [-0.25, -0.2) is 0 Å². The second kappa shape index (κ2) is 8.72. The van der Waals surface area contributed by atoms with Crippen LogP contribution in [0.25, 0.3) is 0 Å². The highest BCUT2D eigenvalue weighted by Gasteiger charge is 2.18. The second-order valence-corrected chi connectivity index (χ2v) is 5.51. The molecule has 0 saturated carbocycles. The van der Waals surface area contributed by atoms with E-state index in [1.807, 2.05) is 62.4 Å². The molecule has 5 nitrogen and oxygen atoms in total. The van der Waals surface area contributed by atoms with Gasteiger partial charge in [0.05, 0.1) is 5.92 Å². The summed E-state index contributed by atoms with van der Waals surface area (Å²) in [4.78, 5) is 24.0. The van der Waals surface area contributed by atoms with E-state index in [1.54, 1.807) is 6.07 Å². The topological polar surface area (TPSA) is 67.4 Å². The predicted octanol–water partition coefficient (Wildman–Crippen LogP) is 2.72. The molecule has 2 rings (SSSR count). The van der Waals surface area contributed by atoms with Gasteiger partial charge in [0, 0.05) is 0 Å². The highest BCUT2D eigenvalue weighted by Crippen LogP contribution is 2.18. The summed E-state index contributed by atoms with van der Waals surface area (Å²) in [5.74, 6) is -0.336. The molecule has 2 amide bonds. The maximum Gasteiger partial charge on any atom is 0.276 e. The van der Waals surface area contributed by atoms with Crippen LogP contribution >= 0.6 is 0 Å². The zero-order valence-electron chi connectivity index (χ0n) is 13.9. The first kappa shape index (κ1) is 17.5. The summed E-state index contributed by atoms with van der Waals surface area (Å²) in [6.07, 6.45) is 0.644. The highest BCUT2D eigenvalue weighted by molar-refractivity contribution is 5.86. The fraction of sp³-hybridized carbons (Fsp3) is 0.263. The summed E-state index contributed by atoms with van der Waals surface area (Å²) in [6.45, 7) is 3.72. The van der Waals surface area contributed by atoms with Crippen LogP contribution in [0, 0.1) is 6.92 Å². The Hall–Kier alpha value is -2.82. The van der Waals surface area contributed by atoms with Crippen molar-refractivity contribution < 1.29 is 14.3 Å². The molecule has 126 valence electrons. The minimum atomic E-state index is -0.409. The zero-order valence-corrected chi connectivity index (χ0v) is 13.9. The van der Waals surface area contributed by atoms with Gasteiger partial charge in [-0.05, 0) is 36.6 Å². The number of hydrogen-bond acceptors (Lipinski definition) is 3. The molecule has 0 heterocycles. The van der Waals surface area contributed by atoms with E-state index < -0.39 is 5.91 Å². The van der Waals surface area contributed by atoms with Crippen molar-refractivity contribution >= 4 is 11.8 Å². The summed E-state index contributed by atoms with van der Waals surface area (Å²) in [5, 5.41) is 0. The zero-order chi connectivity index (χ0) is 17.4. The van der Waals surface area contributed by atoms with Crippen molar-refractivity contribution in [1.29, 1.82) is 0 Å². The van der Waals surface area contributed by atoms with Gasteiger partial charge >= 0.3 is 0 Å². The van der Waals surface area contributed by atoms with E-state index in [4.69, 9.17) is 4.74 Å². The van der Waals surface area contributed by atoms with E-state index in [9.17, 15) is 9.59 Å². The van der Waals surface area contributed by atoms with Crippen molar-refractivity contribution in [3.8, 4) is 5.75 Å². The van der Waals surface area contributed by atoms with Crippen LogP contribution in [0.3, 0.4) is 0 Å². The van der Waals surface area contributed by atoms with Gasteiger partial charge in [-0.2, -0.15) is 0 Å². The Morgan fingerprint density at radius 3 is 2.46 bits per heavy atom. The molecule has 0 spiro atoms. The average molecular weight is 326 g/mol. The lowest BCUT2D eigenvalue weighted by molar-refractivity contribution is -0.130. The van der Waals surface area contributed by atoms with Gasteiger partial charge in [0.25, 0.3) is 5.91 Å². The maximum atomic E-state index is 12.2. The number of amides is 2. The minimum Gasteiger partial charge on any atom is -0.484 e. The van der Waals surface area contributed by atoms with Gasteiger partial charge in [0.15, 0.2) is 6.61 Å². The van der Waals surface area contributed by atoms with Crippen molar-refractivity contribution in [3.05, 3.63) is 65.7 Å². The molecule has 2 N–H and O–H groups in total. The molecule has 0 aromatic heterocycles. The number of rotatable bonds is 6. The lowest BCUT2D eigenvalue weighted by Crippen LogP contribution is -2.45. The molecule has 1 unspecified atom stereocenters. The number of ether oxygens (including phenoxy) is 1. The Bertz CT molecular complexity index is 686. The Labute approximate surface area is 142 Å². The molecular weight excluding hydrogens is 304 g/mol. The van der Waals surface area contributed by atoms with Crippen molar-refractivity contribution in [2.75, 3.05) is 6.61 Å². The van der Waals surface area contributed by atoms with E-state index in [0.29, 0.717) is 12.2 Å². The Morgan fingerprint density at radius 2 is 1.79 bits per heavy atom. The molecule has 24 heavy (non-hydrogen) atoms. The standard InChI is InChI=1S/C19H22N2O3/c1-3-17(15-9-5-4-6-10-15)19(23)21-20-18(22)13-24-16-11-7-8-14(2)12-16/h4-12,17H,3,13H2,1-2H3,(H,20,22)(H,21,23). The molecule has 0 fully saturated rings. The summed E-state index contributed by atoms with van der Waals surface area (Å²) in [6, 6.07) is 16.9. The second-order valence-electron chi connectivity index (χ2n) is 5.51. The molecule has 0 radical (unpaired) electrons. The number of nitrogens with one attached hydrogen (secondary N) is 2. The Balaban J connectivity index is 1.81. The van der Waals surface area contributed by atoms with Crippen molar-refractivity contribution in [2.45, 2.75) is 26.2 Å². The molecule has 0 bridgehead atoms. The van der Waals surface area contributed by atoms with E-state index in [0.717, 1.165) is 11.1 Å². The molecule has 0 aliphatic carbocycles. The first-order chi connectivity index (χ1) is 11.6. The largest absolute Gasteiger partial charge is 0.484 e. The van der Waals surface area contributed by atoms with Crippen LogP contribution in [0.2, 0.25) is 0 Å². The van der Waals surface area contributed by atoms with Crippen molar-refractivity contribution in [1.82, 2.24) is 10.9 Å². The van der Waals surface area contributed by atoms with Crippen LogP contribution in [0.5, 0.6) is 5.75 Å². The van der Waals surface area contributed by atoms with Gasteiger partial charge < -0.3 is 4.74 Å². The molecule has 5 heteroatoms. The summed E-state index contributed by atoms with van der Waals surface area (Å²) in [7, 11) is 0. The molecule has 2 aromatic carbocycles. The minimum absolute atomic E-state index is 0.161. The number of carbonyl (C=O) groups is 2. The average Bonchev–Trinajstić information content (AvgIpc) is 2.60. The number of hydrazine groups is 1. The third-order valence-corrected chi connectivity index (χ3v) is 3.61. The summed E-state index contributed by atoms with van der Waals surface area (Å²) in [5.41, 5.74) is 6.82. The molecule has 1 atom stereocenters. The van der Waals surface area contributed by atoms with E-state index >= 15 is 0 Å². The van der Waals surface area contributed by atoms with Gasteiger partial charge in [0.1, 0.15) is 5.75 Å². The maximum absolute atomic E-state index is 12.2. The summed E-state index contributed by atoms with van der Waals surface area (Å²) < 4.78 is 5.39. The number of aryl methyl sites for hydroxylation is 1. The molecule has 0 aliphatic rings. The van der Waals surface area contributed by atoms with Crippen LogP contribution in [0.4, 0.5) is 0 Å². The van der Waals surface area contributed by atoms with Crippen LogP contribution in [-0.2, 0) is 9.59 Å². The lowest BCUT2D eigenvalue weighted by atomic mass is 9.96. The smallest absolute Gasteiger partial charge is 0.276 e. The van der Waals surface area contributed by atoms with E-state index in [1.165, 1.54) is 0 Å². The molecule has 2 aromatic rings. The lowest BCUT2D eigenvalue weighted by Gasteiger charge is -2.16. The number of carbonyl (C=O) groups excluding carboxylic acids is 2. The van der Waals surface area contributed by atoms with Crippen LogP contribution < -0.4 is 15.6 Å². The SMILES string of the molecule is CCC(C(=O)NNC(=O)COc1cccc(C)c1)c1ccccc1. The third-order valence-electron chi connectivity index (χ3n) is 3.61. The molecule has 0 aliphatic heterocycles. The van der Waals surface area contributed by atoms with Gasteiger partial charge in [-0.15, -0.1) is 0 Å². The van der Waals surface area contributed by atoms with E-state index in [-0.39, 0.29) is 18.4 Å². The van der Waals surface area contributed by atoms with Crippen LogP contribution in [0.1, 0.15) is 30.4 Å². The highest BCUT2D eigenvalue weighted by atomic mass is 16.5. The fourth-order valence-corrected chi connectivity index (χ4v) is 2.37. The predicted molar refractivity (Wildman–Crippen MR) is 92.4 cm³/mol. The van der Waals surface area contributed by atoms with E-state index in [2.05, 4.69) is 10.9 Å². The molecular formula is C19H22N2O3.